The van der Waals surface area contributed by atoms with Gasteiger partial charge in [-0.1, -0.05) is 6.42 Å². The maximum absolute atomic E-state index is 13.5. The number of aryl methyl sites for hydroxylation is 1. The molecule has 6 heteroatoms. The number of ether oxygens (including phenoxy) is 1. The molecule has 116 valence electrons. The summed E-state index contributed by atoms with van der Waals surface area (Å²) in [6.45, 7) is 1.84. The van der Waals surface area contributed by atoms with E-state index in [4.69, 9.17) is 0 Å². The molecular weight excluding hydrogens is 280 g/mol. The summed E-state index contributed by atoms with van der Waals surface area (Å²) in [5, 5.41) is 2.57. The van der Waals surface area contributed by atoms with Crippen molar-refractivity contribution in [1.82, 2.24) is 5.32 Å². The van der Waals surface area contributed by atoms with Crippen LogP contribution in [0.25, 0.3) is 0 Å². The lowest BCUT2D eigenvalue weighted by atomic mass is 10.1. The fraction of sp³-hybridized carbons (Fsp3) is 0.467. The predicted octanol–water partition coefficient (Wildman–Crippen LogP) is 2.74. The Bertz CT molecular complexity index is 518. The van der Waals surface area contributed by atoms with Crippen LogP contribution in [0.5, 0.6) is 0 Å². The molecule has 1 N–H and O–H groups in total. The van der Waals surface area contributed by atoms with Gasteiger partial charge >= 0.3 is 5.97 Å². The van der Waals surface area contributed by atoms with Gasteiger partial charge in [-0.25, -0.2) is 8.78 Å². The average Bonchev–Trinajstić information content (AvgIpc) is 2.45. The fourth-order valence-corrected chi connectivity index (χ4v) is 1.80. The smallest absolute Gasteiger partial charge is 0.305 e. The quantitative estimate of drug-likeness (QED) is 0.622. The highest BCUT2D eigenvalue weighted by atomic mass is 19.1. The second-order valence-corrected chi connectivity index (χ2v) is 4.72. The van der Waals surface area contributed by atoms with E-state index in [0.717, 1.165) is 6.42 Å². The van der Waals surface area contributed by atoms with Gasteiger partial charge in [0.2, 0.25) is 0 Å². The number of amides is 1. The molecule has 0 aliphatic carbocycles. The van der Waals surface area contributed by atoms with Crippen molar-refractivity contribution >= 4 is 11.9 Å². The molecule has 0 saturated carbocycles. The minimum absolute atomic E-state index is 0.163. The average molecular weight is 299 g/mol. The van der Waals surface area contributed by atoms with Gasteiger partial charge in [0.15, 0.2) is 0 Å². The van der Waals surface area contributed by atoms with E-state index in [9.17, 15) is 18.4 Å². The summed E-state index contributed by atoms with van der Waals surface area (Å²) in [7, 11) is 1.34. The van der Waals surface area contributed by atoms with Gasteiger partial charge < -0.3 is 10.1 Å². The van der Waals surface area contributed by atoms with Gasteiger partial charge in [0.25, 0.3) is 5.91 Å². The van der Waals surface area contributed by atoms with Gasteiger partial charge in [0, 0.05) is 19.0 Å². The number of halogens is 2. The number of benzene rings is 1. The third-order valence-electron chi connectivity index (χ3n) is 3.06. The summed E-state index contributed by atoms with van der Waals surface area (Å²) in [5.74, 6) is -2.38. The molecule has 1 aromatic carbocycles. The van der Waals surface area contributed by atoms with E-state index in [2.05, 4.69) is 10.1 Å². The van der Waals surface area contributed by atoms with E-state index in [1.165, 1.54) is 20.1 Å². The molecule has 0 radical (unpaired) electrons. The van der Waals surface area contributed by atoms with Crippen LogP contribution in [-0.4, -0.2) is 25.5 Å². The SMILES string of the molecule is COC(=O)CCCCCNC(=O)c1cc(C)c(F)cc1F. The van der Waals surface area contributed by atoms with Gasteiger partial charge in [-0.15, -0.1) is 0 Å². The Kier molecular flexibility index (Phi) is 6.78. The number of methoxy groups -OCH3 is 1. The van der Waals surface area contributed by atoms with E-state index in [1.807, 2.05) is 0 Å². The molecule has 4 nitrogen and oxygen atoms in total. The summed E-state index contributed by atoms with van der Waals surface area (Å²) >= 11 is 0. The zero-order valence-electron chi connectivity index (χ0n) is 12.2. The number of carbonyl (C=O) groups excluding carboxylic acids is 2. The van der Waals surface area contributed by atoms with Gasteiger partial charge in [0.1, 0.15) is 11.6 Å². The molecule has 0 aliphatic heterocycles. The summed E-state index contributed by atoms with van der Waals surface area (Å²) in [6, 6.07) is 1.90. The molecule has 0 saturated heterocycles. The second-order valence-electron chi connectivity index (χ2n) is 4.72. The van der Waals surface area contributed by atoms with Crippen LogP contribution in [0.15, 0.2) is 12.1 Å². The third-order valence-corrected chi connectivity index (χ3v) is 3.06. The zero-order chi connectivity index (χ0) is 15.8. The Hall–Kier alpha value is -1.98. The first kappa shape index (κ1) is 17.1. The van der Waals surface area contributed by atoms with Crippen molar-refractivity contribution in [1.29, 1.82) is 0 Å². The number of rotatable bonds is 7. The van der Waals surface area contributed by atoms with Crippen LogP contribution >= 0.6 is 0 Å². The van der Waals surface area contributed by atoms with E-state index < -0.39 is 17.5 Å². The van der Waals surface area contributed by atoms with Crippen molar-refractivity contribution in [3.63, 3.8) is 0 Å². The van der Waals surface area contributed by atoms with Crippen LogP contribution < -0.4 is 5.32 Å². The zero-order valence-corrected chi connectivity index (χ0v) is 12.2. The van der Waals surface area contributed by atoms with Gasteiger partial charge in [-0.2, -0.15) is 0 Å². The van der Waals surface area contributed by atoms with E-state index in [0.29, 0.717) is 31.9 Å². The maximum atomic E-state index is 13.5. The van der Waals surface area contributed by atoms with E-state index in [-0.39, 0.29) is 17.1 Å². The Labute approximate surface area is 122 Å². The first-order chi connectivity index (χ1) is 9.95. The first-order valence-corrected chi connectivity index (χ1v) is 6.76. The van der Waals surface area contributed by atoms with Gasteiger partial charge in [-0.3, -0.25) is 9.59 Å². The molecule has 0 heterocycles. The van der Waals surface area contributed by atoms with Crippen LogP contribution in [0.4, 0.5) is 8.78 Å². The molecule has 0 bridgehead atoms. The molecule has 1 rings (SSSR count). The summed E-state index contributed by atoms with van der Waals surface area (Å²) < 4.78 is 31.1. The van der Waals surface area contributed by atoms with Gasteiger partial charge in [-0.05, 0) is 31.4 Å². The Morgan fingerprint density at radius 2 is 1.86 bits per heavy atom. The number of hydrogen-bond donors (Lipinski definition) is 1. The molecule has 0 atom stereocenters. The molecule has 0 spiro atoms. The summed E-state index contributed by atoms with van der Waals surface area (Å²) in [6.07, 6.45) is 2.44. The number of nitrogens with one attached hydrogen (secondary N) is 1. The summed E-state index contributed by atoms with van der Waals surface area (Å²) in [4.78, 5) is 22.6. The lowest BCUT2D eigenvalue weighted by molar-refractivity contribution is -0.140. The highest BCUT2D eigenvalue weighted by Crippen LogP contribution is 2.14. The second kappa shape index (κ2) is 8.34. The first-order valence-electron chi connectivity index (χ1n) is 6.76. The van der Waals surface area contributed by atoms with Crippen LogP contribution in [0.3, 0.4) is 0 Å². The van der Waals surface area contributed by atoms with Crippen molar-refractivity contribution < 1.29 is 23.1 Å². The van der Waals surface area contributed by atoms with Crippen LogP contribution in [0, 0.1) is 18.6 Å². The van der Waals surface area contributed by atoms with Crippen LogP contribution in [-0.2, 0) is 9.53 Å². The van der Waals surface area contributed by atoms with Crippen molar-refractivity contribution in [2.45, 2.75) is 32.6 Å². The van der Waals surface area contributed by atoms with Crippen molar-refractivity contribution in [3.8, 4) is 0 Å². The summed E-state index contributed by atoms with van der Waals surface area (Å²) in [5.41, 5.74) is 0.0584. The lowest BCUT2D eigenvalue weighted by Crippen LogP contribution is -2.25. The van der Waals surface area contributed by atoms with Crippen LogP contribution in [0.2, 0.25) is 0 Å². The van der Waals surface area contributed by atoms with Gasteiger partial charge in [0.05, 0.1) is 12.7 Å². The Morgan fingerprint density at radius 1 is 1.14 bits per heavy atom. The molecular formula is C15H19F2NO3. The Morgan fingerprint density at radius 3 is 2.52 bits per heavy atom. The van der Waals surface area contributed by atoms with Crippen molar-refractivity contribution in [3.05, 3.63) is 34.9 Å². The normalized spacial score (nSPS) is 10.3. The molecule has 1 aromatic rings. The fourth-order valence-electron chi connectivity index (χ4n) is 1.80. The van der Waals surface area contributed by atoms with Crippen molar-refractivity contribution in [2.75, 3.05) is 13.7 Å². The molecule has 0 aliphatic rings. The van der Waals surface area contributed by atoms with E-state index in [1.54, 1.807) is 0 Å². The minimum atomic E-state index is -0.874. The minimum Gasteiger partial charge on any atom is -0.469 e. The number of unbranched alkanes of at least 4 members (excludes halogenated alkanes) is 2. The molecule has 0 fully saturated rings. The highest BCUT2D eigenvalue weighted by molar-refractivity contribution is 5.94. The van der Waals surface area contributed by atoms with Crippen LogP contribution in [0.1, 0.15) is 41.6 Å². The maximum Gasteiger partial charge on any atom is 0.305 e. The third kappa shape index (κ3) is 5.49. The molecule has 0 unspecified atom stereocenters. The Balaban J connectivity index is 2.35. The predicted molar refractivity (Wildman–Crippen MR) is 73.9 cm³/mol. The topological polar surface area (TPSA) is 55.4 Å². The molecule has 0 aromatic heterocycles. The number of carbonyl (C=O) groups is 2. The highest BCUT2D eigenvalue weighted by Gasteiger charge is 2.13. The standard InChI is InChI=1S/C15H19F2NO3/c1-10-8-11(13(17)9-12(10)16)15(20)18-7-5-3-4-6-14(19)21-2/h8-9H,3-7H2,1-2H3,(H,18,20). The largest absolute Gasteiger partial charge is 0.469 e. The van der Waals surface area contributed by atoms with Crippen molar-refractivity contribution in [2.24, 2.45) is 0 Å². The number of esters is 1. The molecule has 21 heavy (non-hydrogen) atoms. The van der Waals surface area contributed by atoms with E-state index >= 15 is 0 Å². The monoisotopic (exact) mass is 299 g/mol. The number of hydrogen-bond acceptors (Lipinski definition) is 3. The lowest BCUT2D eigenvalue weighted by Gasteiger charge is -2.07. The molecule has 1 amide bonds.